The molecule has 1 spiro atoms. The number of rotatable bonds is 3. The van der Waals surface area contributed by atoms with Crippen molar-refractivity contribution in [3.8, 4) is 44.9 Å². The van der Waals surface area contributed by atoms with Gasteiger partial charge in [-0.05, 0) is 86.5 Å². The predicted molar refractivity (Wildman–Crippen MR) is 213 cm³/mol. The molecule has 0 fully saturated rings. The van der Waals surface area contributed by atoms with Gasteiger partial charge in [0, 0.05) is 16.7 Å². The van der Waals surface area contributed by atoms with Gasteiger partial charge in [-0.25, -0.2) is 0 Å². The molecular formula is C50H31NO2. The third kappa shape index (κ3) is 4.19. The summed E-state index contributed by atoms with van der Waals surface area (Å²) in [7, 11) is 0. The minimum absolute atomic E-state index is 0.0492. The minimum atomic E-state index is -0.836. The van der Waals surface area contributed by atoms with Crippen LogP contribution in [0.15, 0.2) is 188 Å². The van der Waals surface area contributed by atoms with Crippen molar-refractivity contribution in [2.24, 2.45) is 0 Å². The van der Waals surface area contributed by atoms with Crippen molar-refractivity contribution in [1.29, 1.82) is 0 Å². The number of hydrogen-bond donors (Lipinski definition) is 0. The van der Waals surface area contributed by atoms with Gasteiger partial charge in [-0.15, -0.1) is 0 Å². The van der Waals surface area contributed by atoms with E-state index in [-0.39, 0.29) is 5.78 Å². The van der Waals surface area contributed by atoms with Gasteiger partial charge in [0.2, 0.25) is 0 Å². The van der Waals surface area contributed by atoms with Gasteiger partial charge in [0.1, 0.15) is 0 Å². The zero-order valence-corrected chi connectivity index (χ0v) is 28.7. The Morgan fingerprint density at radius 1 is 0.377 bits per heavy atom. The molecule has 1 aliphatic carbocycles. The van der Waals surface area contributed by atoms with Crippen LogP contribution in [0.25, 0.3) is 33.4 Å². The fourth-order valence-electron chi connectivity index (χ4n) is 8.95. The fourth-order valence-corrected chi connectivity index (χ4v) is 8.95. The maximum absolute atomic E-state index is 14.4. The molecule has 0 unspecified atom stereocenters. The summed E-state index contributed by atoms with van der Waals surface area (Å²) in [4.78, 5) is 16.8. The summed E-state index contributed by atoms with van der Waals surface area (Å²) >= 11 is 0. The van der Waals surface area contributed by atoms with E-state index in [0.29, 0.717) is 0 Å². The number of hydrogen-bond acceptors (Lipinski definition) is 3. The van der Waals surface area contributed by atoms with Crippen molar-refractivity contribution in [2.45, 2.75) is 5.41 Å². The van der Waals surface area contributed by atoms with E-state index >= 15 is 0 Å². The van der Waals surface area contributed by atoms with Gasteiger partial charge in [0.05, 0.1) is 22.5 Å². The summed E-state index contributed by atoms with van der Waals surface area (Å²) in [5.74, 6) is 1.62. The quantitative estimate of drug-likeness (QED) is 0.186. The summed E-state index contributed by atoms with van der Waals surface area (Å²) in [6.07, 6.45) is 0. The second-order valence-corrected chi connectivity index (χ2v) is 14.0. The molecule has 0 saturated heterocycles. The normalized spacial score (nSPS) is 14.0. The maximum Gasteiger partial charge on any atom is 0.193 e. The van der Waals surface area contributed by atoms with E-state index in [0.717, 1.165) is 95.3 Å². The van der Waals surface area contributed by atoms with Crippen LogP contribution < -0.4 is 9.64 Å². The molecule has 2 aliphatic heterocycles. The minimum Gasteiger partial charge on any atom is -0.453 e. The average molecular weight is 678 g/mol. The highest BCUT2D eigenvalue weighted by Gasteiger charge is 2.53. The van der Waals surface area contributed by atoms with E-state index in [9.17, 15) is 4.79 Å². The molecule has 0 N–H and O–H groups in total. The lowest BCUT2D eigenvalue weighted by atomic mass is 9.57. The number of nitrogens with zero attached hydrogens (tertiary/aromatic N) is 1. The molecule has 3 heteroatoms. The fraction of sp³-hybridized carbons (Fsp3) is 0.0200. The van der Waals surface area contributed by atoms with E-state index in [1.807, 2.05) is 36.4 Å². The van der Waals surface area contributed by atoms with Crippen molar-refractivity contribution in [3.63, 3.8) is 0 Å². The summed E-state index contributed by atoms with van der Waals surface area (Å²) in [5, 5.41) is 0. The van der Waals surface area contributed by atoms with Gasteiger partial charge in [-0.2, -0.15) is 0 Å². The van der Waals surface area contributed by atoms with Crippen LogP contribution in [-0.2, 0) is 5.41 Å². The van der Waals surface area contributed by atoms with Crippen LogP contribution in [0.5, 0.6) is 11.5 Å². The molecule has 0 amide bonds. The Morgan fingerprint density at radius 2 is 0.849 bits per heavy atom. The van der Waals surface area contributed by atoms with Crippen molar-refractivity contribution in [1.82, 2.24) is 0 Å². The first-order valence-electron chi connectivity index (χ1n) is 18.1. The number of carbonyl (C=O) groups excluding carboxylic acids is 1. The number of ketones is 1. The molecule has 53 heavy (non-hydrogen) atoms. The lowest BCUT2D eigenvalue weighted by molar-refractivity contribution is 0.103. The zero-order chi connectivity index (χ0) is 35.1. The van der Waals surface area contributed by atoms with Gasteiger partial charge in [-0.3, -0.25) is 4.79 Å². The molecule has 2 heterocycles. The number of fused-ring (bicyclic) bond motifs is 10. The van der Waals surface area contributed by atoms with E-state index in [1.165, 1.54) is 0 Å². The highest BCUT2D eigenvalue weighted by Crippen LogP contribution is 2.66. The van der Waals surface area contributed by atoms with E-state index in [2.05, 4.69) is 157 Å². The molecule has 3 nitrogen and oxygen atoms in total. The number of ether oxygens (including phenoxy) is 1. The van der Waals surface area contributed by atoms with Gasteiger partial charge in [0.25, 0.3) is 0 Å². The number of carbonyl (C=O) groups is 1. The Kier molecular flexibility index (Phi) is 6.32. The zero-order valence-electron chi connectivity index (χ0n) is 28.7. The Morgan fingerprint density at radius 3 is 1.45 bits per heavy atom. The van der Waals surface area contributed by atoms with Crippen LogP contribution in [0.1, 0.15) is 38.2 Å². The van der Waals surface area contributed by atoms with Gasteiger partial charge in [-0.1, -0.05) is 152 Å². The van der Waals surface area contributed by atoms with Gasteiger partial charge in [0.15, 0.2) is 17.3 Å². The molecule has 248 valence electrons. The van der Waals surface area contributed by atoms with E-state index in [4.69, 9.17) is 4.74 Å². The molecule has 8 aromatic rings. The van der Waals surface area contributed by atoms with Crippen molar-refractivity contribution in [3.05, 3.63) is 221 Å². The second-order valence-electron chi connectivity index (χ2n) is 14.0. The molecule has 0 radical (unpaired) electrons. The first-order valence-corrected chi connectivity index (χ1v) is 18.1. The van der Waals surface area contributed by atoms with E-state index < -0.39 is 5.41 Å². The van der Waals surface area contributed by atoms with Crippen molar-refractivity contribution in [2.75, 3.05) is 4.90 Å². The monoisotopic (exact) mass is 677 g/mol. The first kappa shape index (κ1) is 29.7. The lowest BCUT2D eigenvalue weighted by Crippen LogP contribution is -2.43. The van der Waals surface area contributed by atoms with Crippen LogP contribution in [0.3, 0.4) is 0 Å². The van der Waals surface area contributed by atoms with Crippen molar-refractivity contribution >= 4 is 22.8 Å². The summed E-state index contributed by atoms with van der Waals surface area (Å²) in [6.45, 7) is 0. The van der Waals surface area contributed by atoms with Crippen molar-refractivity contribution < 1.29 is 9.53 Å². The smallest absolute Gasteiger partial charge is 0.193 e. The molecule has 11 rings (SSSR count). The van der Waals surface area contributed by atoms with Crippen LogP contribution in [0.4, 0.5) is 17.1 Å². The van der Waals surface area contributed by atoms with Crippen LogP contribution >= 0.6 is 0 Å². The number of benzene rings is 8. The van der Waals surface area contributed by atoms with Crippen LogP contribution in [0.2, 0.25) is 0 Å². The van der Waals surface area contributed by atoms with Crippen LogP contribution in [0, 0.1) is 0 Å². The van der Waals surface area contributed by atoms with E-state index in [1.54, 1.807) is 0 Å². The average Bonchev–Trinajstić information content (AvgIpc) is 3.23. The Bertz CT molecular complexity index is 2720. The highest BCUT2D eigenvalue weighted by molar-refractivity contribution is 6.15. The Labute approximate surface area is 308 Å². The second kappa shape index (κ2) is 11.3. The topological polar surface area (TPSA) is 29.5 Å². The molecule has 0 atom stereocenters. The van der Waals surface area contributed by atoms with Crippen LogP contribution in [-0.4, -0.2) is 5.78 Å². The summed E-state index contributed by atoms with van der Waals surface area (Å²) < 4.78 is 7.08. The third-order valence-corrected chi connectivity index (χ3v) is 11.2. The molecule has 8 aromatic carbocycles. The first-order chi connectivity index (χ1) is 26.2. The molecule has 0 bridgehead atoms. The predicted octanol–water partition coefficient (Wildman–Crippen LogP) is 12.5. The SMILES string of the molecule is O=C1c2ccccc2C2(c3ccccc31)c1cc(-c3ccccc3)ccc1N1c3ccc(-c4ccccc4)cc3Oc3cc(-c4ccccc4)cc2c31. The largest absolute Gasteiger partial charge is 0.453 e. The third-order valence-electron chi connectivity index (χ3n) is 11.2. The number of anilines is 3. The molecule has 3 aliphatic rings. The molecule has 0 saturated carbocycles. The maximum atomic E-state index is 14.4. The molecule has 0 aromatic heterocycles. The van der Waals surface area contributed by atoms with Gasteiger partial charge < -0.3 is 9.64 Å². The summed E-state index contributed by atoms with van der Waals surface area (Å²) in [6, 6.07) is 65.8. The molecular weight excluding hydrogens is 647 g/mol. The summed E-state index contributed by atoms with van der Waals surface area (Å²) in [5.41, 5.74) is 14.4. The standard InChI is InChI=1S/C50H31NO2/c52-49-38-20-10-12-22-40(38)50(41-23-13-11-21-39(41)49)42-28-35(32-14-4-1-5-15-32)24-26-44(42)51-45-27-25-36(33-16-6-2-7-17-33)30-46(45)53-47-31-37(29-43(50)48(47)51)34-18-8-3-9-19-34/h1-31H. The highest BCUT2D eigenvalue weighted by atomic mass is 16.5. The Balaban J connectivity index is 1.30. The Hall–Kier alpha value is -6.97. The lowest BCUT2D eigenvalue weighted by Gasteiger charge is -2.50. The van der Waals surface area contributed by atoms with Gasteiger partial charge >= 0.3 is 0 Å².